The van der Waals surface area contributed by atoms with Crippen molar-refractivity contribution in [3.05, 3.63) is 70.6 Å². The van der Waals surface area contributed by atoms with Crippen LogP contribution in [0.4, 0.5) is 0 Å². The largest absolute Gasteiger partial charge is 0.486 e. The van der Waals surface area contributed by atoms with Gasteiger partial charge >= 0.3 is 0 Å². The van der Waals surface area contributed by atoms with Crippen LogP contribution < -0.4 is 10.1 Å². The lowest BCUT2D eigenvalue weighted by atomic mass is 10.3. The summed E-state index contributed by atoms with van der Waals surface area (Å²) in [6.45, 7) is 0.794. The average molecular weight is 328 g/mol. The van der Waals surface area contributed by atoms with Crippen LogP contribution in [0.1, 0.15) is 16.5 Å². The Morgan fingerprint density at radius 1 is 1.22 bits per heavy atom. The van der Waals surface area contributed by atoms with Gasteiger partial charge in [-0.15, -0.1) is 11.3 Å². The molecule has 0 aliphatic carbocycles. The Morgan fingerprint density at radius 3 is 2.87 bits per heavy atom. The van der Waals surface area contributed by atoms with Gasteiger partial charge in [-0.05, 0) is 24.3 Å². The molecule has 0 aliphatic rings. The Labute approximate surface area is 137 Å². The second-order valence-electron chi connectivity index (χ2n) is 4.87. The van der Waals surface area contributed by atoms with Gasteiger partial charge < -0.3 is 14.5 Å². The highest BCUT2D eigenvalue weighted by atomic mass is 32.1. The van der Waals surface area contributed by atoms with E-state index in [0.29, 0.717) is 13.2 Å². The highest BCUT2D eigenvalue weighted by molar-refractivity contribution is 7.09. The van der Waals surface area contributed by atoms with E-state index >= 15 is 0 Å². The number of hydrogen-bond acceptors (Lipinski definition) is 5. The molecule has 2 aromatic heterocycles. The second kappa shape index (κ2) is 7.60. The third-order valence-corrected chi connectivity index (χ3v) is 3.96. The molecule has 23 heavy (non-hydrogen) atoms. The molecule has 2 heterocycles. The van der Waals surface area contributed by atoms with Gasteiger partial charge in [-0.1, -0.05) is 18.2 Å². The molecule has 118 valence electrons. The summed E-state index contributed by atoms with van der Waals surface area (Å²) in [4.78, 5) is 16.3. The molecule has 0 fully saturated rings. The van der Waals surface area contributed by atoms with Crippen LogP contribution in [0, 0.1) is 0 Å². The fourth-order valence-corrected chi connectivity index (χ4v) is 2.69. The summed E-state index contributed by atoms with van der Waals surface area (Å²) < 4.78 is 10.8. The Bertz CT molecular complexity index is 738. The summed E-state index contributed by atoms with van der Waals surface area (Å²) in [6, 6.07) is 13.2. The standard InChI is InChI=1S/C17H16N2O3S/c20-16(18-10-15-7-4-8-21-15)9-13-12-23-17(19-13)11-22-14-5-2-1-3-6-14/h1-8,12H,9-11H2,(H,18,20). The fraction of sp³-hybridized carbons (Fsp3) is 0.176. The third kappa shape index (κ3) is 4.69. The summed E-state index contributed by atoms with van der Waals surface area (Å²) in [5.41, 5.74) is 0.749. The van der Waals surface area contributed by atoms with E-state index in [-0.39, 0.29) is 12.3 Å². The number of furan rings is 1. The highest BCUT2D eigenvalue weighted by Gasteiger charge is 2.08. The number of ether oxygens (including phenoxy) is 1. The first-order chi connectivity index (χ1) is 11.3. The molecule has 1 aromatic carbocycles. The molecule has 3 rings (SSSR count). The lowest BCUT2D eigenvalue weighted by molar-refractivity contribution is -0.120. The molecular formula is C17H16N2O3S. The van der Waals surface area contributed by atoms with E-state index in [0.717, 1.165) is 22.2 Å². The molecule has 0 unspecified atom stereocenters. The van der Waals surface area contributed by atoms with E-state index in [9.17, 15) is 4.79 Å². The van der Waals surface area contributed by atoms with Crippen LogP contribution in [0.2, 0.25) is 0 Å². The maximum absolute atomic E-state index is 11.9. The number of thiazole rings is 1. The number of nitrogens with zero attached hydrogens (tertiary/aromatic N) is 1. The van der Waals surface area contributed by atoms with Crippen molar-refractivity contribution in [2.24, 2.45) is 0 Å². The summed E-state index contributed by atoms with van der Waals surface area (Å²) in [6.07, 6.45) is 1.84. The predicted octanol–water partition coefficient (Wildman–Crippen LogP) is 3.17. The smallest absolute Gasteiger partial charge is 0.226 e. The predicted molar refractivity (Wildman–Crippen MR) is 87.1 cm³/mol. The quantitative estimate of drug-likeness (QED) is 0.723. The molecule has 0 bridgehead atoms. The molecular weight excluding hydrogens is 312 g/mol. The zero-order valence-electron chi connectivity index (χ0n) is 12.4. The van der Waals surface area contributed by atoms with Gasteiger partial charge in [0.15, 0.2) is 0 Å². The minimum absolute atomic E-state index is 0.0813. The van der Waals surface area contributed by atoms with Crippen LogP contribution >= 0.6 is 11.3 Å². The van der Waals surface area contributed by atoms with Crippen LogP contribution in [0.5, 0.6) is 5.75 Å². The fourth-order valence-electron chi connectivity index (χ4n) is 1.98. The summed E-state index contributed by atoms with van der Waals surface area (Å²) in [5, 5.41) is 5.54. The summed E-state index contributed by atoms with van der Waals surface area (Å²) in [7, 11) is 0. The second-order valence-corrected chi connectivity index (χ2v) is 5.81. The van der Waals surface area contributed by atoms with Crippen molar-refractivity contribution in [2.45, 2.75) is 19.6 Å². The summed E-state index contributed by atoms with van der Waals surface area (Å²) >= 11 is 1.49. The zero-order valence-corrected chi connectivity index (χ0v) is 13.2. The van der Waals surface area contributed by atoms with Gasteiger partial charge in [0.05, 0.1) is 24.9 Å². The Hall–Kier alpha value is -2.60. The van der Waals surface area contributed by atoms with E-state index in [4.69, 9.17) is 9.15 Å². The Morgan fingerprint density at radius 2 is 2.09 bits per heavy atom. The molecule has 6 heteroatoms. The SMILES string of the molecule is O=C(Cc1csc(COc2ccccc2)n1)NCc1ccco1. The van der Waals surface area contributed by atoms with E-state index in [1.807, 2.05) is 41.8 Å². The lowest BCUT2D eigenvalue weighted by Gasteiger charge is -2.03. The van der Waals surface area contributed by atoms with Gasteiger partial charge in [0.25, 0.3) is 0 Å². The van der Waals surface area contributed by atoms with Gasteiger partial charge in [-0.2, -0.15) is 0 Å². The van der Waals surface area contributed by atoms with E-state index < -0.39 is 0 Å². The van der Waals surface area contributed by atoms with Crippen LogP contribution in [0.25, 0.3) is 0 Å². The first-order valence-corrected chi connectivity index (χ1v) is 8.08. The van der Waals surface area contributed by atoms with Crippen LogP contribution in [0.15, 0.2) is 58.5 Å². The molecule has 0 radical (unpaired) electrons. The minimum Gasteiger partial charge on any atom is -0.486 e. The molecule has 0 atom stereocenters. The van der Waals surface area contributed by atoms with Crippen LogP contribution in [-0.2, 0) is 24.4 Å². The van der Waals surface area contributed by atoms with Gasteiger partial charge in [0, 0.05) is 5.38 Å². The van der Waals surface area contributed by atoms with Crippen molar-refractivity contribution >= 4 is 17.2 Å². The van der Waals surface area contributed by atoms with Crippen molar-refractivity contribution in [1.29, 1.82) is 0 Å². The highest BCUT2D eigenvalue weighted by Crippen LogP contribution is 2.15. The molecule has 5 nitrogen and oxygen atoms in total. The van der Waals surface area contributed by atoms with Crippen molar-refractivity contribution in [2.75, 3.05) is 0 Å². The molecule has 1 N–H and O–H groups in total. The topological polar surface area (TPSA) is 64.4 Å². The number of nitrogens with one attached hydrogen (secondary N) is 1. The third-order valence-electron chi connectivity index (χ3n) is 3.09. The molecule has 1 amide bonds. The van der Waals surface area contributed by atoms with Crippen molar-refractivity contribution < 1.29 is 13.9 Å². The molecule has 3 aromatic rings. The molecule has 0 spiro atoms. The number of carbonyl (C=O) groups is 1. The number of rotatable bonds is 7. The Balaban J connectivity index is 1.46. The van der Waals surface area contributed by atoms with Crippen molar-refractivity contribution in [1.82, 2.24) is 10.3 Å². The zero-order chi connectivity index (χ0) is 15.9. The van der Waals surface area contributed by atoms with Crippen molar-refractivity contribution in [3.8, 4) is 5.75 Å². The number of carbonyl (C=O) groups excluding carboxylic acids is 1. The first-order valence-electron chi connectivity index (χ1n) is 7.20. The van der Waals surface area contributed by atoms with E-state index in [2.05, 4.69) is 10.3 Å². The summed E-state index contributed by atoms with van der Waals surface area (Å²) in [5.74, 6) is 1.45. The number of para-hydroxylation sites is 1. The number of benzene rings is 1. The molecule has 0 aliphatic heterocycles. The average Bonchev–Trinajstić information content (AvgIpc) is 3.24. The normalized spacial score (nSPS) is 10.4. The van der Waals surface area contributed by atoms with Crippen LogP contribution in [-0.4, -0.2) is 10.9 Å². The monoisotopic (exact) mass is 328 g/mol. The first kappa shape index (κ1) is 15.3. The van der Waals surface area contributed by atoms with Crippen molar-refractivity contribution in [3.63, 3.8) is 0 Å². The molecule has 0 saturated heterocycles. The van der Waals surface area contributed by atoms with E-state index in [1.54, 1.807) is 12.3 Å². The lowest BCUT2D eigenvalue weighted by Crippen LogP contribution is -2.24. The number of hydrogen-bond donors (Lipinski definition) is 1. The van der Waals surface area contributed by atoms with E-state index in [1.165, 1.54) is 11.3 Å². The Kier molecular flexibility index (Phi) is 5.06. The maximum Gasteiger partial charge on any atom is 0.226 e. The maximum atomic E-state index is 11.9. The van der Waals surface area contributed by atoms with Gasteiger partial charge in [-0.3, -0.25) is 4.79 Å². The minimum atomic E-state index is -0.0813. The number of amides is 1. The van der Waals surface area contributed by atoms with Gasteiger partial charge in [0.2, 0.25) is 5.91 Å². The number of aromatic nitrogens is 1. The molecule has 0 saturated carbocycles. The van der Waals surface area contributed by atoms with Gasteiger partial charge in [-0.25, -0.2) is 4.98 Å². The van der Waals surface area contributed by atoms with Gasteiger partial charge in [0.1, 0.15) is 23.1 Å². The van der Waals surface area contributed by atoms with Crippen LogP contribution in [0.3, 0.4) is 0 Å².